The van der Waals surface area contributed by atoms with Crippen molar-refractivity contribution in [3.63, 3.8) is 0 Å². The maximum Gasteiger partial charge on any atom is 0.241 e. The van der Waals surface area contributed by atoms with E-state index in [2.05, 4.69) is 10.2 Å². The van der Waals surface area contributed by atoms with Crippen LogP contribution in [0, 0.1) is 11.6 Å². The molecular weight excluding hydrogens is 348 g/mol. The molecule has 1 aliphatic heterocycles. The Morgan fingerprint density at radius 3 is 2.36 bits per heavy atom. The number of hydrogen-bond donors (Lipinski definition) is 1. The Bertz CT molecular complexity index is 746. The molecule has 1 saturated heterocycles. The van der Waals surface area contributed by atoms with Crippen molar-refractivity contribution in [2.45, 2.75) is 0 Å². The summed E-state index contributed by atoms with van der Waals surface area (Å²) < 4.78 is 26.7. The molecule has 0 aliphatic carbocycles. The number of anilines is 2. The smallest absolute Gasteiger partial charge is 0.241 e. The predicted octanol–water partition coefficient (Wildman–Crippen LogP) is 3.38. The fraction of sp³-hybridized carbons (Fsp3) is 0.278. The maximum atomic E-state index is 13.7. The van der Waals surface area contributed by atoms with Crippen LogP contribution in [0.5, 0.6) is 0 Å². The molecule has 0 spiro atoms. The van der Waals surface area contributed by atoms with Crippen molar-refractivity contribution in [3.8, 4) is 0 Å². The molecule has 0 unspecified atom stereocenters. The average Bonchev–Trinajstić information content (AvgIpc) is 2.61. The standard InChI is InChI=1S/C18H18ClF2N3O/c19-13-1-6-17(16(21)11-13)22-12-18(25)24-9-7-23(8-10-24)15-4-2-14(20)3-5-15/h1-6,11,22H,7-10,12H2. The topological polar surface area (TPSA) is 35.6 Å². The predicted molar refractivity (Wildman–Crippen MR) is 95.1 cm³/mol. The van der Waals surface area contributed by atoms with Gasteiger partial charge in [-0.25, -0.2) is 8.78 Å². The van der Waals surface area contributed by atoms with Crippen molar-refractivity contribution >= 4 is 28.9 Å². The first-order valence-corrected chi connectivity index (χ1v) is 8.38. The molecule has 0 aromatic heterocycles. The van der Waals surface area contributed by atoms with E-state index in [9.17, 15) is 13.6 Å². The normalized spacial score (nSPS) is 14.5. The number of carbonyl (C=O) groups excluding carboxylic acids is 1. The Hall–Kier alpha value is -2.34. The van der Waals surface area contributed by atoms with Crippen LogP contribution in [0.25, 0.3) is 0 Å². The first kappa shape index (κ1) is 17.5. The Morgan fingerprint density at radius 1 is 1.04 bits per heavy atom. The quantitative estimate of drug-likeness (QED) is 0.902. The van der Waals surface area contributed by atoms with Gasteiger partial charge in [-0.1, -0.05) is 11.6 Å². The van der Waals surface area contributed by atoms with E-state index in [4.69, 9.17) is 11.6 Å². The molecule has 0 radical (unpaired) electrons. The van der Waals surface area contributed by atoms with Gasteiger partial charge in [0, 0.05) is 36.9 Å². The highest BCUT2D eigenvalue weighted by Crippen LogP contribution is 2.19. The largest absolute Gasteiger partial charge is 0.374 e. The number of amides is 1. The second kappa shape index (κ2) is 7.70. The first-order valence-electron chi connectivity index (χ1n) is 8.00. The van der Waals surface area contributed by atoms with Gasteiger partial charge in [-0.05, 0) is 42.5 Å². The fourth-order valence-electron chi connectivity index (χ4n) is 2.78. The molecule has 3 rings (SSSR count). The van der Waals surface area contributed by atoms with E-state index in [1.54, 1.807) is 23.1 Å². The monoisotopic (exact) mass is 365 g/mol. The summed E-state index contributed by atoms with van der Waals surface area (Å²) in [6, 6.07) is 10.6. The van der Waals surface area contributed by atoms with E-state index in [-0.39, 0.29) is 24.0 Å². The highest BCUT2D eigenvalue weighted by atomic mass is 35.5. The minimum absolute atomic E-state index is 0.0229. The van der Waals surface area contributed by atoms with Gasteiger partial charge in [-0.2, -0.15) is 0 Å². The van der Waals surface area contributed by atoms with Crippen molar-refractivity contribution in [2.75, 3.05) is 42.9 Å². The number of rotatable bonds is 4. The molecular formula is C18H18ClF2N3O. The van der Waals surface area contributed by atoms with Crippen molar-refractivity contribution in [1.29, 1.82) is 0 Å². The number of hydrogen-bond acceptors (Lipinski definition) is 3. The Kier molecular flexibility index (Phi) is 5.38. The van der Waals surface area contributed by atoms with Gasteiger partial charge in [0.05, 0.1) is 12.2 Å². The van der Waals surface area contributed by atoms with E-state index in [1.807, 2.05) is 0 Å². The van der Waals surface area contributed by atoms with Crippen LogP contribution in [0.1, 0.15) is 0 Å². The lowest BCUT2D eigenvalue weighted by Gasteiger charge is -2.36. The summed E-state index contributed by atoms with van der Waals surface area (Å²) in [6.07, 6.45) is 0. The van der Waals surface area contributed by atoms with Gasteiger partial charge >= 0.3 is 0 Å². The van der Waals surface area contributed by atoms with Crippen LogP contribution in [0.2, 0.25) is 5.02 Å². The summed E-state index contributed by atoms with van der Waals surface area (Å²) in [5, 5.41) is 3.12. The number of nitrogens with one attached hydrogen (secondary N) is 1. The lowest BCUT2D eigenvalue weighted by Crippen LogP contribution is -2.50. The number of nitrogens with zero attached hydrogens (tertiary/aromatic N) is 2. The highest BCUT2D eigenvalue weighted by Gasteiger charge is 2.21. The third-order valence-electron chi connectivity index (χ3n) is 4.19. The molecule has 1 fully saturated rings. The number of benzene rings is 2. The molecule has 4 nitrogen and oxygen atoms in total. The molecule has 0 bridgehead atoms. The molecule has 7 heteroatoms. The van der Waals surface area contributed by atoms with Gasteiger partial charge in [0.2, 0.25) is 5.91 Å². The molecule has 1 aliphatic rings. The number of piperazine rings is 1. The summed E-state index contributed by atoms with van der Waals surface area (Å²) in [5.74, 6) is -0.840. The zero-order valence-electron chi connectivity index (χ0n) is 13.5. The van der Waals surface area contributed by atoms with Crippen LogP contribution in [0.15, 0.2) is 42.5 Å². The first-order chi connectivity index (χ1) is 12.0. The summed E-state index contributed by atoms with van der Waals surface area (Å²) in [6.45, 7) is 2.51. The molecule has 1 heterocycles. The Morgan fingerprint density at radius 2 is 1.72 bits per heavy atom. The zero-order valence-corrected chi connectivity index (χ0v) is 14.3. The summed E-state index contributed by atoms with van der Waals surface area (Å²) in [5.41, 5.74) is 1.19. The fourth-order valence-corrected chi connectivity index (χ4v) is 2.94. The second-order valence-corrected chi connectivity index (χ2v) is 6.26. The van der Waals surface area contributed by atoms with Crippen LogP contribution < -0.4 is 10.2 Å². The zero-order chi connectivity index (χ0) is 17.8. The molecule has 25 heavy (non-hydrogen) atoms. The molecule has 2 aromatic rings. The van der Waals surface area contributed by atoms with Crippen molar-refractivity contribution in [2.24, 2.45) is 0 Å². The Labute approximate surface area is 150 Å². The van der Waals surface area contributed by atoms with E-state index >= 15 is 0 Å². The minimum Gasteiger partial charge on any atom is -0.374 e. The lowest BCUT2D eigenvalue weighted by atomic mass is 10.2. The summed E-state index contributed by atoms with van der Waals surface area (Å²) in [7, 11) is 0. The van der Waals surface area contributed by atoms with Gasteiger partial charge < -0.3 is 15.1 Å². The third-order valence-corrected chi connectivity index (χ3v) is 4.42. The second-order valence-electron chi connectivity index (χ2n) is 5.82. The minimum atomic E-state index is -0.485. The van der Waals surface area contributed by atoms with Crippen molar-refractivity contribution < 1.29 is 13.6 Å². The third kappa shape index (κ3) is 4.39. The Balaban J connectivity index is 1.50. The molecule has 132 valence electrons. The molecule has 0 atom stereocenters. The van der Waals surface area contributed by atoms with Crippen LogP contribution >= 0.6 is 11.6 Å². The average molecular weight is 366 g/mol. The van der Waals surface area contributed by atoms with E-state index < -0.39 is 5.82 Å². The van der Waals surface area contributed by atoms with Gasteiger partial charge in [0.25, 0.3) is 0 Å². The van der Waals surface area contributed by atoms with Crippen molar-refractivity contribution in [1.82, 2.24) is 4.90 Å². The van der Waals surface area contributed by atoms with Crippen LogP contribution in [0.4, 0.5) is 20.2 Å². The highest BCUT2D eigenvalue weighted by molar-refractivity contribution is 6.30. The summed E-state index contributed by atoms with van der Waals surface area (Å²) in [4.78, 5) is 16.1. The van der Waals surface area contributed by atoms with Crippen LogP contribution in [-0.4, -0.2) is 43.5 Å². The molecule has 2 aromatic carbocycles. The van der Waals surface area contributed by atoms with Gasteiger partial charge in [-0.15, -0.1) is 0 Å². The van der Waals surface area contributed by atoms with Crippen LogP contribution in [0.3, 0.4) is 0 Å². The van der Waals surface area contributed by atoms with E-state index in [0.29, 0.717) is 31.2 Å². The summed E-state index contributed by atoms with van der Waals surface area (Å²) >= 11 is 5.71. The lowest BCUT2D eigenvalue weighted by molar-refractivity contribution is -0.129. The maximum absolute atomic E-state index is 13.7. The SMILES string of the molecule is O=C(CNc1ccc(Cl)cc1F)N1CCN(c2ccc(F)cc2)CC1. The van der Waals surface area contributed by atoms with E-state index in [1.165, 1.54) is 24.3 Å². The molecule has 1 amide bonds. The van der Waals surface area contributed by atoms with E-state index in [0.717, 1.165) is 5.69 Å². The van der Waals surface area contributed by atoms with Crippen LogP contribution in [-0.2, 0) is 4.79 Å². The number of carbonyl (C=O) groups is 1. The van der Waals surface area contributed by atoms with Gasteiger partial charge in [0.1, 0.15) is 11.6 Å². The van der Waals surface area contributed by atoms with Gasteiger partial charge in [0.15, 0.2) is 0 Å². The number of halogens is 3. The molecule has 0 saturated carbocycles. The van der Waals surface area contributed by atoms with Crippen molar-refractivity contribution in [3.05, 3.63) is 59.1 Å². The van der Waals surface area contributed by atoms with Gasteiger partial charge in [-0.3, -0.25) is 4.79 Å². The molecule has 1 N–H and O–H groups in total.